The normalized spacial score (nSPS) is 10.9. The van der Waals surface area contributed by atoms with Gasteiger partial charge in [-0.2, -0.15) is 0 Å². The molecule has 0 fully saturated rings. The number of fused-ring (bicyclic) bond motifs is 1. The number of carbonyl (C=O) groups is 1. The van der Waals surface area contributed by atoms with E-state index in [0.29, 0.717) is 11.1 Å². The number of primary amides is 1. The minimum atomic E-state index is -0.468. The third-order valence-corrected chi connectivity index (χ3v) is 3.50. The van der Waals surface area contributed by atoms with Gasteiger partial charge in [-0.1, -0.05) is 12.1 Å². The molecule has 2 N–H and O–H groups in total. The summed E-state index contributed by atoms with van der Waals surface area (Å²) in [5, 5.41) is 0.767. The summed E-state index contributed by atoms with van der Waals surface area (Å²) >= 11 is 0. The zero-order chi connectivity index (χ0) is 14.3. The van der Waals surface area contributed by atoms with Crippen molar-refractivity contribution < 1.29 is 9.18 Å². The van der Waals surface area contributed by atoms with Crippen LogP contribution >= 0.6 is 0 Å². The summed E-state index contributed by atoms with van der Waals surface area (Å²) in [5.41, 5.74) is 7.99. The maximum Gasteiger partial charge on any atom is 0.249 e. The Labute approximate surface area is 115 Å². The standard InChI is InChI=1S/C16H13FN2O/c1-10-13(17)5-3-6-14(10)19-9-8-11-12(16(18)20)4-2-7-15(11)19/h2-9H,1H3,(H2,18,20). The molecule has 0 radical (unpaired) electrons. The van der Waals surface area contributed by atoms with Gasteiger partial charge in [-0.05, 0) is 37.3 Å². The van der Waals surface area contributed by atoms with E-state index in [0.717, 1.165) is 16.6 Å². The molecule has 100 valence electrons. The van der Waals surface area contributed by atoms with Crippen molar-refractivity contribution in [3.8, 4) is 5.69 Å². The minimum absolute atomic E-state index is 0.254. The Morgan fingerprint density at radius 3 is 2.65 bits per heavy atom. The first-order valence-electron chi connectivity index (χ1n) is 6.25. The fraction of sp³-hybridized carbons (Fsp3) is 0.0625. The molecule has 4 heteroatoms. The Balaban J connectivity index is 2.31. The summed E-state index contributed by atoms with van der Waals surface area (Å²) in [5.74, 6) is -0.722. The van der Waals surface area contributed by atoms with Crippen LogP contribution in [0.3, 0.4) is 0 Å². The molecule has 20 heavy (non-hydrogen) atoms. The number of hydrogen-bond donors (Lipinski definition) is 1. The predicted octanol–water partition coefficient (Wildman–Crippen LogP) is 3.18. The smallest absolute Gasteiger partial charge is 0.249 e. The van der Waals surface area contributed by atoms with Crippen molar-refractivity contribution in [2.24, 2.45) is 5.73 Å². The van der Waals surface area contributed by atoms with Gasteiger partial charge in [0.15, 0.2) is 0 Å². The lowest BCUT2D eigenvalue weighted by molar-refractivity contribution is 0.100. The molecule has 1 aromatic heterocycles. The van der Waals surface area contributed by atoms with Gasteiger partial charge in [0.2, 0.25) is 5.91 Å². The van der Waals surface area contributed by atoms with Crippen LogP contribution in [0.5, 0.6) is 0 Å². The Morgan fingerprint density at radius 2 is 1.90 bits per heavy atom. The fourth-order valence-corrected chi connectivity index (χ4v) is 2.45. The Kier molecular flexibility index (Phi) is 2.79. The number of amides is 1. The molecule has 1 heterocycles. The van der Waals surface area contributed by atoms with E-state index >= 15 is 0 Å². The molecule has 0 saturated carbocycles. The van der Waals surface area contributed by atoms with Gasteiger partial charge in [0.25, 0.3) is 0 Å². The molecule has 2 aromatic carbocycles. The molecule has 0 unspecified atom stereocenters. The second-order valence-corrected chi connectivity index (χ2v) is 4.67. The van der Waals surface area contributed by atoms with Gasteiger partial charge < -0.3 is 10.3 Å². The summed E-state index contributed by atoms with van der Waals surface area (Å²) < 4.78 is 15.6. The van der Waals surface area contributed by atoms with Crippen LogP contribution in [-0.4, -0.2) is 10.5 Å². The van der Waals surface area contributed by atoms with Crippen LogP contribution in [0.2, 0.25) is 0 Å². The topological polar surface area (TPSA) is 48.0 Å². The fourth-order valence-electron chi connectivity index (χ4n) is 2.45. The zero-order valence-corrected chi connectivity index (χ0v) is 10.9. The molecule has 0 aliphatic carbocycles. The van der Waals surface area contributed by atoms with Crippen molar-refractivity contribution in [1.82, 2.24) is 4.57 Å². The second kappa shape index (κ2) is 4.49. The van der Waals surface area contributed by atoms with Gasteiger partial charge in [0.05, 0.1) is 11.2 Å². The highest BCUT2D eigenvalue weighted by molar-refractivity contribution is 6.06. The van der Waals surface area contributed by atoms with Crippen LogP contribution in [0.1, 0.15) is 15.9 Å². The van der Waals surface area contributed by atoms with Gasteiger partial charge in [-0.25, -0.2) is 4.39 Å². The molecular formula is C16H13FN2O. The van der Waals surface area contributed by atoms with Crippen molar-refractivity contribution in [2.45, 2.75) is 6.92 Å². The van der Waals surface area contributed by atoms with Crippen molar-refractivity contribution in [1.29, 1.82) is 0 Å². The molecule has 0 atom stereocenters. The lowest BCUT2D eigenvalue weighted by atomic mass is 10.1. The van der Waals surface area contributed by atoms with Crippen molar-refractivity contribution in [3.05, 3.63) is 65.6 Å². The van der Waals surface area contributed by atoms with Crippen LogP contribution in [0.15, 0.2) is 48.7 Å². The maximum absolute atomic E-state index is 13.7. The highest BCUT2D eigenvalue weighted by Gasteiger charge is 2.12. The summed E-state index contributed by atoms with van der Waals surface area (Å²) in [6, 6.07) is 12.1. The number of aromatic nitrogens is 1. The predicted molar refractivity (Wildman–Crippen MR) is 76.5 cm³/mol. The lowest BCUT2D eigenvalue weighted by Crippen LogP contribution is -2.11. The molecule has 0 saturated heterocycles. The Morgan fingerprint density at radius 1 is 1.15 bits per heavy atom. The van der Waals surface area contributed by atoms with Gasteiger partial charge in [0.1, 0.15) is 5.82 Å². The van der Waals surface area contributed by atoms with Crippen LogP contribution in [0.4, 0.5) is 4.39 Å². The van der Waals surface area contributed by atoms with Gasteiger partial charge in [-0.3, -0.25) is 4.79 Å². The molecule has 1 amide bonds. The highest BCUT2D eigenvalue weighted by Crippen LogP contribution is 2.26. The minimum Gasteiger partial charge on any atom is -0.366 e. The van der Waals surface area contributed by atoms with E-state index in [1.807, 2.05) is 29.0 Å². The first-order valence-corrected chi connectivity index (χ1v) is 6.25. The van der Waals surface area contributed by atoms with Crippen molar-refractivity contribution in [2.75, 3.05) is 0 Å². The summed E-state index contributed by atoms with van der Waals surface area (Å²) in [4.78, 5) is 11.4. The first-order chi connectivity index (χ1) is 9.59. The number of benzene rings is 2. The number of hydrogen-bond acceptors (Lipinski definition) is 1. The van der Waals surface area contributed by atoms with Crippen molar-refractivity contribution >= 4 is 16.8 Å². The molecule has 3 aromatic rings. The lowest BCUT2D eigenvalue weighted by Gasteiger charge is -2.10. The molecule has 0 spiro atoms. The average Bonchev–Trinajstić information content (AvgIpc) is 2.85. The molecule has 3 rings (SSSR count). The first kappa shape index (κ1) is 12.4. The highest BCUT2D eigenvalue weighted by atomic mass is 19.1. The largest absolute Gasteiger partial charge is 0.366 e. The molecule has 0 bridgehead atoms. The maximum atomic E-state index is 13.7. The SMILES string of the molecule is Cc1c(F)cccc1-n1ccc2c(C(N)=O)cccc21. The Hall–Kier alpha value is -2.62. The summed E-state index contributed by atoms with van der Waals surface area (Å²) in [6.45, 7) is 1.73. The zero-order valence-electron chi connectivity index (χ0n) is 10.9. The van der Waals surface area contributed by atoms with Crippen LogP contribution in [0, 0.1) is 12.7 Å². The van der Waals surface area contributed by atoms with E-state index in [9.17, 15) is 9.18 Å². The van der Waals surface area contributed by atoms with E-state index in [-0.39, 0.29) is 5.82 Å². The van der Waals surface area contributed by atoms with E-state index in [1.165, 1.54) is 6.07 Å². The quantitative estimate of drug-likeness (QED) is 0.762. The number of nitrogens with zero attached hydrogens (tertiary/aromatic N) is 1. The van der Waals surface area contributed by atoms with E-state index in [4.69, 9.17) is 5.73 Å². The number of halogens is 1. The summed E-state index contributed by atoms with van der Waals surface area (Å²) in [6.07, 6.45) is 1.82. The van der Waals surface area contributed by atoms with Gasteiger partial charge >= 0.3 is 0 Å². The number of nitrogens with two attached hydrogens (primary N) is 1. The van der Waals surface area contributed by atoms with Crippen LogP contribution in [-0.2, 0) is 0 Å². The van der Waals surface area contributed by atoms with Gasteiger partial charge in [0, 0.05) is 22.7 Å². The van der Waals surface area contributed by atoms with Gasteiger partial charge in [-0.15, -0.1) is 0 Å². The molecule has 0 aliphatic heterocycles. The Bertz CT molecular complexity index is 820. The van der Waals surface area contributed by atoms with Crippen LogP contribution in [0.25, 0.3) is 16.6 Å². The number of carbonyl (C=O) groups excluding carboxylic acids is 1. The average molecular weight is 268 g/mol. The van der Waals surface area contributed by atoms with E-state index in [1.54, 1.807) is 25.1 Å². The molecule has 3 nitrogen and oxygen atoms in total. The monoisotopic (exact) mass is 268 g/mol. The third-order valence-electron chi connectivity index (χ3n) is 3.50. The molecular weight excluding hydrogens is 255 g/mol. The third kappa shape index (κ3) is 1.77. The number of rotatable bonds is 2. The summed E-state index contributed by atoms with van der Waals surface area (Å²) in [7, 11) is 0. The van der Waals surface area contributed by atoms with E-state index < -0.39 is 5.91 Å². The van der Waals surface area contributed by atoms with E-state index in [2.05, 4.69) is 0 Å². The van der Waals surface area contributed by atoms with Crippen LogP contribution < -0.4 is 5.73 Å². The second-order valence-electron chi connectivity index (χ2n) is 4.67. The molecule has 0 aliphatic rings. The van der Waals surface area contributed by atoms with Crippen molar-refractivity contribution in [3.63, 3.8) is 0 Å².